The highest BCUT2D eigenvalue weighted by atomic mass is 79.9. The highest BCUT2D eigenvalue weighted by molar-refractivity contribution is 9.10. The zero-order valence-electron chi connectivity index (χ0n) is 8.50. The lowest BCUT2D eigenvalue weighted by atomic mass is 10.3. The molecule has 2 rings (SSSR count). The third-order valence-electron chi connectivity index (χ3n) is 2.11. The molecule has 0 saturated carbocycles. The molecule has 0 unspecified atom stereocenters. The topological polar surface area (TPSA) is 37.8 Å². The molecule has 15 heavy (non-hydrogen) atoms. The van der Waals surface area contributed by atoms with Crippen LogP contribution in [0.4, 0.5) is 5.69 Å². The van der Waals surface area contributed by atoms with Crippen LogP contribution >= 0.6 is 15.9 Å². The molecule has 1 N–H and O–H groups in total. The van der Waals surface area contributed by atoms with Crippen LogP contribution in [0.15, 0.2) is 29.0 Å². The highest BCUT2D eigenvalue weighted by Gasteiger charge is 2.02. The lowest BCUT2D eigenvalue weighted by molar-refractivity contribution is 0.980. The average Bonchev–Trinajstić information content (AvgIpc) is 2.25. The van der Waals surface area contributed by atoms with Gasteiger partial charge in [-0.1, -0.05) is 6.92 Å². The van der Waals surface area contributed by atoms with Gasteiger partial charge in [-0.15, -0.1) is 0 Å². The van der Waals surface area contributed by atoms with Crippen molar-refractivity contribution in [3.63, 3.8) is 0 Å². The van der Waals surface area contributed by atoms with Crippen LogP contribution in [0.2, 0.25) is 0 Å². The zero-order chi connectivity index (χ0) is 10.7. The van der Waals surface area contributed by atoms with Crippen molar-refractivity contribution in [1.82, 2.24) is 9.97 Å². The summed E-state index contributed by atoms with van der Waals surface area (Å²) >= 11 is 3.39. The molecule has 0 amide bonds. The Morgan fingerprint density at radius 1 is 1.40 bits per heavy atom. The van der Waals surface area contributed by atoms with Gasteiger partial charge in [-0.2, -0.15) is 0 Å². The number of aromatic nitrogens is 2. The van der Waals surface area contributed by atoms with Gasteiger partial charge in [0, 0.05) is 23.4 Å². The summed E-state index contributed by atoms with van der Waals surface area (Å²) in [7, 11) is 0. The molecule has 0 atom stereocenters. The van der Waals surface area contributed by atoms with E-state index >= 15 is 0 Å². The molecule has 0 radical (unpaired) electrons. The van der Waals surface area contributed by atoms with Crippen LogP contribution in [-0.4, -0.2) is 16.5 Å². The van der Waals surface area contributed by atoms with Crippen LogP contribution in [0.3, 0.4) is 0 Å². The summed E-state index contributed by atoms with van der Waals surface area (Å²) in [5.74, 6) is 0. The first-order valence-electron chi connectivity index (χ1n) is 4.95. The van der Waals surface area contributed by atoms with E-state index in [0.29, 0.717) is 0 Å². The number of anilines is 1. The van der Waals surface area contributed by atoms with Gasteiger partial charge in [-0.3, -0.25) is 9.97 Å². The third kappa shape index (κ3) is 2.26. The molecule has 2 aromatic rings. The second kappa shape index (κ2) is 4.57. The Morgan fingerprint density at radius 3 is 3.07 bits per heavy atom. The van der Waals surface area contributed by atoms with E-state index in [2.05, 4.69) is 38.1 Å². The van der Waals surface area contributed by atoms with Crippen LogP contribution in [-0.2, 0) is 0 Å². The third-order valence-corrected chi connectivity index (χ3v) is 2.54. The lowest BCUT2D eigenvalue weighted by Gasteiger charge is -2.07. The summed E-state index contributed by atoms with van der Waals surface area (Å²) in [6.07, 6.45) is 4.69. The van der Waals surface area contributed by atoms with Crippen LogP contribution in [0, 0.1) is 0 Å². The van der Waals surface area contributed by atoms with Gasteiger partial charge >= 0.3 is 0 Å². The van der Waals surface area contributed by atoms with E-state index < -0.39 is 0 Å². The largest absolute Gasteiger partial charge is 0.383 e. The van der Waals surface area contributed by atoms with Crippen LogP contribution in [0.25, 0.3) is 11.0 Å². The van der Waals surface area contributed by atoms with Gasteiger partial charge < -0.3 is 5.32 Å². The maximum absolute atomic E-state index is 4.36. The maximum Gasteiger partial charge on any atom is 0.112 e. The fourth-order valence-electron chi connectivity index (χ4n) is 1.41. The second-order valence-electron chi connectivity index (χ2n) is 3.31. The van der Waals surface area contributed by atoms with E-state index in [1.165, 1.54) is 0 Å². The smallest absolute Gasteiger partial charge is 0.112 e. The van der Waals surface area contributed by atoms with Crippen molar-refractivity contribution in [3.8, 4) is 0 Å². The Balaban J connectivity index is 2.46. The van der Waals surface area contributed by atoms with Gasteiger partial charge in [0.25, 0.3) is 0 Å². The van der Waals surface area contributed by atoms with Crippen molar-refractivity contribution in [3.05, 3.63) is 29.0 Å². The van der Waals surface area contributed by atoms with Gasteiger partial charge in [0.05, 0.1) is 11.2 Å². The van der Waals surface area contributed by atoms with E-state index in [1.807, 2.05) is 12.1 Å². The molecule has 3 nitrogen and oxygen atoms in total. The molecule has 0 aliphatic rings. The normalized spacial score (nSPS) is 10.5. The molecule has 0 aliphatic heterocycles. The first kappa shape index (κ1) is 10.4. The molecule has 0 aromatic carbocycles. The SMILES string of the molecule is CCCNc1ccnc2cc(Br)cnc12. The first-order valence-corrected chi connectivity index (χ1v) is 5.74. The molecule has 0 bridgehead atoms. The van der Waals surface area contributed by atoms with Crippen LogP contribution < -0.4 is 5.32 Å². The number of rotatable bonds is 3. The minimum absolute atomic E-state index is 0.908. The van der Waals surface area contributed by atoms with Gasteiger partial charge in [-0.25, -0.2) is 0 Å². The molecule has 0 fully saturated rings. The second-order valence-corrected chi connectivity index (χ2v) is 4.22. The number of hydrogen-bond acceptors (Lipinski definition) is 3. The van der Waals surface area contributed by atoms with Crippen LogP contribution in [0.5, 0.6) is 0 Å². The summed E-state index contributed by atoms with van der Waals surface area (Å²) in [4.78, 5) is 8.64. The number of hydrogen-bond donors (Lipinski definition) is 1. The molecular formula is C11H12BrN3. The van der Waals surface area contributed by atoms with E-state index in [-0.39, 0.29) is 0 Å². The Bertz CT molecular complexity index is 470. The molecule has 4 heteroatoms. The van der Waals surface area contributed by atoms with Crippen molar-refractivity contribution >= 4 is 32.7 Å². The number of fused-ring (bicyclic) bond motifs is 1. The van der Waals surface area contributed by atoms with E-state index in [1.54, 1.807) is 12.4 Å². The minimum Gasteiger partial charge on any atom is -0.383 e. The number of pyridine rings is 2. The molecule has 0 spiro atoms. The van der Waals surface area contributed by atoms with Crippen molar-refractivity contribution in [2.24, 2.45) is 0 Å². The van der Waals surface area contributed by atoms with Crippen molar-refractivity contribution < 1.29 is 0 Å². The highest BCUT2D eigenvalue weighted by Crippen LogP contribution is 2.21. The molecular weight excluding hydrogens is 254 g/mol. The monoisotopic (exact) mass is 265 g/mol. The van der Waals surface area contributed by atoms with E-state index in [4.69, 9.17) is 0 Å². The minimum atomic E-state index is 0.908. The molecule has 2 heterocycles. The summed E-state index contributed by atoms with van der Waals surface area (Å²) in [5.41, 5.74) is 2.88. The predicted molar refractivity (Wildman–Crippen MR) is 66.0 cm³/mol. The fourth-order valence-corrected chi connectivity index (χ4v) is 1.73. The molecule has 0 aliphatic carbocycles. The quantitative estimate of drug-likeness (QED) is 0.926. The molecule has 0 saturated heterocycles. The summed E-state index contributed by atoms with van der Waals surface area (Å²) in [6, 6.07) is 3.93. The Labute approximate surface area is 97.1 Å². The fraction of sp³-hybridized carbons (Fsp3) is 0.273. The van der Waals surface area contributed by atoms with Gasteiger partial charge in [-0.05, 0) is 34.5 Å². The number of halogens is 1. The van der Waals surface area contributed by atoms with E-state index in [0.717, 1.165) is 34.2 Å². The van der Waals surface area contributed by atoms with Gasteiger partial charge in [0.2, 0.25) is 0 Å². The van der Waals surface area contributed by atoms with Crippen molar-refractivity contribution in [2.45, 2.75) is 13.3 Å². The lowest BCUT2D eigenvalue weighted by Crippen LogP contribution is -2.01. The van der Waals surface area contributed by atoms with Crippen molar-refractivity contribution in [2.75, 3.05) is 11.9 Å². The summed E-state index contributed by atoms with van der Waals surface area (Å²) in [5, 5.41) is 3.34. The molecule has 78 valence electrons. The Hall–Kier alpha value is -1.16. The molecule has 2 aromatic heterocycles. The van der Waals surface area contributed by atoms with Crippen molar-refractivity contribution in [1.29, 1.82) is 0 Å². The number of nitrogens with zero attached hydrogens (tertiary/aromatic N) is 2. The predicted octanol–water partition coefficient (Wildman–Crippen LogP) is 3.21. The van der Waals surface area contributed by atoms with Gasteiger partial charge in [0.1, 0.15) is 5.52 Å². The standard InChI is InChI=1S/C11H12BrN3/c1-2-4-13-9-3-5-14-10-6-8(12)7-15-11(9)10/h3,5-7H,2,4H2,1H3,(H,13,14). The Morgan fingerprint density at radius 2 is 2.27 bits per heavy atom. The Kier molecular flexibility index (Phi) is 3.16. The summed E-state index contributed by atoms with van der Waals surface area (Å²) < 4.78 is 0.954. The first-order chi connectivity index (χ1) is 7.31. The summed E-state index contributed by atoms with van der Waals surface area (Å²) in [6.45, 7) is 3.09. The average molecular weight is 266 g/mol. The maximum atomic E-state index is 4.36. The van der Waals surface area contributed by atoms with Crippen LogP contribution in [0.1, 0.15) is 13.3 Å². The zero-order valence-corrected chi connectivity index (χ0v) is 10.1. The van der Waals surface area contributed by atoms with Gasteiger partial charge in [0.15, 0.2) is 0 Å². The number of nitrogens with one attached hydrogen (secondary N) is 1. The van der Waals surface area contributed by atoms with E-state index in [9.17, 15) is 0 Å².